The van der Waals surface area contributed by atoms with Gasteiger partial charge in [0.25, 0.3) is 5.56 Å². The molecule has 0 spiro atoms. The van der Waals surface area contributed by atoms with Gasteiger partial charge in [-0.1, -0.05) is 25.1 Å². The highest BCUT2D eigenvalue weighted by atomic mass is 32.2. The van der Waals surface area contributed by atoms with Crippen LogP contribution in [-0.2, 0) is 11.3 Å². The minimum absolute atomic E-state index is 0.0366. The van der Waals surface area contributed by atoms with E-state index in [2.05, 4.69) is 18.3 Å². The number of thioether (sulfide) groups is 1. The van der Waals surface area contributed by atoms with Crippen LogP contribution in [0.2, 0.25) is 0 Å². The molecule has 3 aromatic heterocycles. The fraction of sp³-hybridized carbons (Fsp3) is 0.400. The van der Waals surface area contributed by atoms with E-state index >= 15 is 0 Å². The average Bonchev–Trinajstić information content (AvgIpc) is 3.25. The Hall–Kier alpha value is -2.15. The molecule has 1 amide bonds. The Labute approximate surface area is 181 Å². The molecule has 29 heavy (non-hydrogen) atoms. The number of nitriles is 1. The number of hydrogen-bond acceptors (Lipinski definition) is 7. The van der Waals surface area contributed by atoms with E-state index < -0.39 is 5.25 Å². The van der Waals surface area contributed by atoms with Crippen molar-refractivity contribution in [2.24, 2.45) is 0 Å². The predicted octanol–water partition coefficient (Wildman–Crippen LogP) is 4.93. The zero-order valence-electron chi connectivity index (χ0n) is 16.7. The predicted molar refractivity (Wildman–Crippen MR) is 121 cm³/mol. The van der Waals surface area contributed by atoms with Gasteiger partial charge >= 0.3 is 0 Å². The summed E-state index contributed by atoms with van der Waals surface area (Å²) in [5.41, 5.74) is 1.40. The van der Waals surface area contributed by atoms with Crippen molar-refractivity contribution in [2.75, 3.05) is 5.32 Å². The second kappa shape index (κ2) is 9.11. The van der Waals surface area contributed by atoms with Crippen molar-refractivity contribution >= 4 is 55.6 Å². The average molecular weight is 447 g/mol. The minimum atomic E-state index is -0.469. The van der Waals surface area contributed by atoms with E-state index in [1.165, 1.54) is 34.4 Å². The Morgan fingerprint density at radius 3 is 2.90 bits per heavy atom. The van der Waals surface area contributed by atoms with Gasteiger partial charge in [0.15, 0.2) is 5.16 Å². The van der Waals surface area contributed by atoms with E-state index in [0.29, 0.717) is 27.7 Å². The summed E-state index contributed by atoms with van der Waals surface area (Å²) in [6.07, 6.45) is 1.83. The summed E-state index contributed by atoms with van der Waals surface area (Å²) in [6.45, 7) is 8.39. The number of anilines is 1. The van der Waals surface area contributed by atoms with Gasteiger partial charge in [-0.2, -0.15) is 5.26 Å². The first-order valence-corrected chi connectivity index (χ1v) is 11.9. The Kier molecular flexibility index (Phi) is 6.77. The van der Waals surface area contributed by atoms with Crippen LogP contribution in [0, 0.1) is 25.2 Å². The third kappa shape index (κ3) is 4.39. The van der Waals surface area contributed by atoms with Crippen LogP contribution in [0.15, 0.2) is 21.4 Å². The van der Waals surface area contributed by atoms with Crippen LogP contribution in [0.3, 0.4) is 0 Å². The van der Waals surface area contributed by atoms with Gasteiger partial charge in [0.2, 0.25) is 5.91 Å². The van der Waals surface area contributed by atoms with Crippen molar-refractivity contribution in [3.63, 3.8) is 0 Å². The third-order valence-electron chi connectivity index (χ3n) is 4.66. The van der Waals surface area contributed by atoms with E-state index in [-0.39, 0.29) is 11.5 Å². The largest absolute Gasteiger partial charge is 0.316 e. The summed E-state index contributed by atoms with van der Waals surface area (Å²) in [5, 5.41) is 15.0. The molecule has 0 aliphatic carbocycles. The molecular weight excluding hydrogens is 424 g/mol. The van der Waals surface area contributed by atoms with Crippen LogP contribution in [-0.4, -0.2) is 20.7 Å². The molecule has 3 rings (SSSR count). The highest BCUT2D eigenvalue weighted by molar-refractivity contribution is 8.00. The maximum atomic E-state index is 13.2. The van der Waals surface area contributed by atoms with E-state index in [0.717, 1.165) is 28.1 Å². The zero-order valence-corrected chi connectivity index (χ0v) is 19.2. The number of nitrogens with one attached hydrogen (secondary N) is 1. The molecule has 3 heterocycles. The molecule has 0 fully saturated rings. The molecule has 0 aliphatic heterocycles. The summed E-state index contributed by atoms with van der Waals surface area (Å²) >= 11 is 4.10. The van der Waals surface area contributed by atoms with Crippen molar-refractivity contribution in [1.29, 1.82) is 5.26 Å². The number of rotatable bonds is 7. The van der Waals surface area contributed by atoms with Crippen molar-refractivity contribution in [3.8, 4) is 6.07 Å². The highest BCUT2D eigenvalue weighted by Crippen LogP contribution is 2.30. The standard InChI is InChI=1S/C20H22N4O2S3/c1-5-6-8-24-19(26)15-11(2)12(3)28-18(15)23-20(24)29-13(4)16(25)22-17-14(10-21)7-9-27-17/h7,9,13H,5-6,8H2,1-4H3,(H,22,25). The van der Waals surface area contributed by atoms with Gasteiger partial charge in [-0.3, -0.25) is 14.2 Å². The number of aromatic nitrogens is 2. The molecule has 0 saturated heterocycles. The molecule has 6 nitrogen and oxygen atoms in total. The molecule has 0 bridgehead atoms. The molecular formula is C20H22N4O2S3. The van der Waals surface area contributed by atoms with Gasteiger partial charge in [0.05, 0.1) is 16.2 Å². The Morgan fingerprint density at radius 2 is 2.21 bits per heavy atom. The lowest BCUT2D eigenvalue weighted by atomic mass is 10.2. The molecule has 1 atom stereocenters. The molecule has 0 aromatic carbocycles. The van der Waals surface area contributed by atoms with Gasteiger partial charge in [-0.15, -0.1) is 22.7 Å². The lowest BCUT2D eigenvalue weighted by molar-refractivity contribution is -0.115. The lowest BCUT2D eigenvalue weighted by Gasteiger charge is -2.15. The minimum Gasteiger partial charge on any atom is -0.316 e. The van der Waals surface area contributed by atoms with Crippen molar-refractivity contribution in [3.05, 3.63) is 37.8 Å². The SMILES string of the molecule is CCCCn1c(SC(C)C(=O)Nc2sccc2C#N)nc2sc(C)c(C)c2c1=O. The van der Waals surface area contributed by atoms with Crippen LogP contribution < -0.4 is 10.9 Å². The van der Waals surface area contributed by atoms with Crippen molar-refractivity contribution in [2.45, 2.75) is 57.5 Å². The van der Waals surface area contributed by atoms with Gasteiger partial charge in [0.1, 0.15) is 15.9 Å². The summed E-state index contributed by atoms with van der Waals surface area (Å²) in [4.78, 5) is 32.4. The second-order valence-electron chi connectivity index (χ2n) is 6.69. The molecule has 0 radical (unpaired) electrons. The number of nitrogens with zero attached hydrogens (tertiary/aromatic N) is 3. The van der Waals surface area contributed by atoms with Gasteiger partial charge in [-0.05, 0) is 44.2 Å². The number of unbranched alkanes of at least 4 members (excludes halogenated alkanes) is 1. The fourth-order valence-corrected chi connectivity index (χ4v) is 5.58. The quantitative estimate of drug-likeness (QED) is 0.411. The summed E-state index contributed by atoms with van der Waals surface area (Å²) in [7, 11) is 0. The number of hydrogen-bond donors (Lipinski definition) is 1. The van der Waals surface area contributed by atoms with Crippen LogP contribution in [0.25, 0.3) is 10.2 Å². The molecule has 3 aromatic rings. The van der Waals surface area contributed by atoms with Crippen molar-refractivity contribution < 1.29 is 4.79 Å². The number of carbonyl (C=O) groups excluding carboxylic acids is 1. The van der Waals surface area contributed by atoms with Crippen LogP contribution in [0.1, 0.15) is 42.7 Å². The smallest absolute Gasteiger partial charge is 0.263 e. The monoisotopic (exact) mass is 446 g/mol. The molecule has 1 unspecified atom stereocenters. The zero-order chi connectivity index (χ0) is 21.1. The number of fused-ring (bicyclic) bond motifs is 1. The van der Waals surface area contributed by atoms with Gasteiger partial charge in [0, 0.05) is 11.4 Å². The van der Waals surface area contributed by atoms with Gasteiger partial charge < -0.3 is 5.32 Å². The number of thiophene rings is 2. The van der Waals surface area contributed by atoms with Crippen molar-refractivity contribution in [1.82, 2.24) is 9.55 Å². The third-order valence-corrected chi connectivity index (χ3v) is 7.68. The van der Waals surface area contributed by atoms with E-state index in [4.69, 9.17) is 10.2 Å². The van der Waals surface area contributed by atoms with Gasteiger partial charge in [-0.25, -0.2) is 4.98 Å². The fourth-order valence-electron chi connectivity index (χ4n) is 2.83. The van der Waals surface area contributed by atoms with E-state index in [9.17, 15) is 9.59 Å². The second-order valence-corrected chi connectivity index (χ2v) is 10.1. The number of carbonyl (C=O) groups is 1. The molecule has 1 N–H and O–H groups in total. The number of amides is 1. The van der Waals surface area contributed by atoms with E-state index in [1.807, 2.05) is 13.8 Å². The summed E-state index contributed by atoms with van der Waals surface area (Å²) in [5.74, 6) is -0.219. The first kappa shape index (κ1) is 21.6. The normalized spacial score (nSPS) is 12.1. The topological polar surface area (TPSA) is 87.8 Å². The first-order valence-electron chi connectivity index (χ1n) is 9.33. The van der Waals surface area contributed by atoms with Crippen LogP contribution >= 0.6 is 34.4 Å². The molecule has 9 heteroatoms. The van der Waals surface area contributed by atoms with E-state index in [1.54, 1.807) is 22.9 Å². The molecule has 0 saturated carbocycles. The Bertz CT molecular complexity index is 1150. The number of aryl methyl sites for hydroxylation is 2. The maximum Gasteiger partial charge on any atom is 0.263 e. The van der Waals surface area contributed by atoms with Crippen LogP contribution in [0.4, 0.5) is 5.00 Å². The highest BCUT2D eigenvalue weighted by Gasteiger charge is 2.22. The first-order chi connectivity index (χ1) is 13.9. The maximum absolute atomic E-state index is 13.2. The molecule has 152 valence electrons. The summed E-state index contributed by atoms with van der Waals surface area (Å²) in [6, 6.07) is 3.75. The lowest BCUT2D eigenvalue weighted by Crippen LogP contribution is -2.27. The summed E-state index contributed by atoms with van der Waals surface area (Å²) < 4.78 is 1.70. The molecule has 0 aliphatic rings. The van der Waals surface area contributed by atoms with Crippen LogP contribution in [0.5, 0.6) is 0 Å². The Balaban J connectivity index is 1.92. The Morgan fingerprint density at radius 1 is 1.45 bits per heavy atom.